The maximum Gasteiger partial charge on any atom is 0.132 e. The van der Waals surface area contributed by atoms with Gasteiger partial charge in [-0.05, 0) is 6.92 Å². The number of aryl methyl sites for hydroxylation is 2. The first-order chi connectivity index (χ1) is 8.18. The fourth-order valence-electron chi connectivity index (χ4n) is 1.86. The van der Waals surface area contributed by atoms with Gasteiger partial charge < -0.3 is 14.8 Å². The zero-order valence-corrected chi connectivity index (χ0v) is 11.0. The SMILES string of the molecule is Cc1nn(C)c(Cl)c1COCC1CNCCO1. The Morgan fingerprint density at radius 2 is 2.47 bits per heavy atom. The summed E-state index contributed by atoms with van der Waals surface area (Å²) >= 11 is 6.11. The van der Waals surface area contributed by atoms with E-state index in [9.17, 15) is 0 Å². The molecule has 1 aliphatic heterocycles. The minimum absolute atomic E-state index is 0.138. The predicted octanol–water partition coefficient (Wildman–Crippen LogP) is 0.887. The minimum Gasteiger partial charge on any atom is -0.374 e. The number of halogens is 1. The molecule has 17 heavy (non-hydrogen) atoms. The molecule has 5 nitrogen and oxygen atoms in total. The van der Waals surface area contributed by atoms with E-state index in [2.05, 4.69) is 10.4 Å². The summed E-state index contributed by atoms with van der Waals surface area (Å²) in [6.45, 7) is 5.52. The van der Waals surface area contributed by atoms with Gasteiger partial charge in [-0.15, -0.1) is 0 Å². The second-order valence-corrected chi connectivity index (χ2v) is 4.55. The number of aromatic nitrogens is 2. The highest BCUT2D eigenvalue weighted by atomic mass is 35.5. The molecule has 2 rings (SSSR count). The highest BCUT2D eigenvalue weighted by Crippen LogP contribution is 2.19. The summed E-state index contributed by atoms with van der Waals surface area (Å²) in [4.78, 5) is 0. The van der Waals surface area contributed by atoms with Gasteiger partial charge in [0.25, 0.3) is 0 Å². The number of nitrogens with zero attached hydrogens (tertiary/aromatic N) is 2. The Morgan fingerprint density at radius 1 is 1.65 bits per heavy atom. The van der Waals surface area contributed by atoms with Gasteiger partial charge in [-0.2, -0.15) is 5.10 Å². The molecule has 6 heteroatoms. The first-order valence-electron chi connectivity index (χ1n) is 5.76. The molecule has 0 aromatic carbocycles. The number of hydrogen-bond acceptors (Lipinski definition) is 4. The molecule has 0 aliphatic carbocycles. The van der Waals surface area contributed by atoms with Crippen LogP contribution >= 0.6 is 11.6 Å². The van der Waals surface area contributed by atoms with Gasteiger partial charge in [-0.25, -0.2) is 0 Å². The van der Waals surface area contributed by atoms with Crippen LogP contribution in [-0.4, -0.2) is 42.2 Å². The fraction of sp³-hybridized carbons (Fsp3) is 0.727. The molecule has 96 valence electrons. The molecule has 0 radical (unpaired) electrons. The number of rotatable bonds is 4. The van der Waals surface area contributed by atoms with Crippen molar-refractivity contribution < 1.29 is 9.47 Å². The third kappa shape index (κ3) is 3.19. The van der Waals surface area contributed by atoms with Gasteiger partial charge in [0.05, 0.1) is 31.6 Å². The smallest absolute Gasteiger partial charge is 0.132 e. The average Bonchev–Trinajstić information content (AvgIpc) is 2.57. The summed E-state index contributed by atoms with van der Waals surface area (Å²) in [5.41, 5.74) is 1.87. The Bertz CT molecular complexity index is 375. The lowest BCUT2D eigenvalue weighted by atomic mass is 10.3. The Hall–Kier alpha value is -0.620. The van der Waals surface area contributed by atoms with Crippen LogP contribution in [0.15, 0.2) is 0 Å². The van der Waals surface area contributed by atoms with Gasteiger partial charge in [0, 0.05) is 25.7 Å². The van der Waals surface area contributed by atoms with Gasteiger partial charge in [0.15, 0.2) is 0 Å². The van der Waals surface area contributed by atoms with Crippen molar-refractivity contribution >= 4 is 11.6 Å². The van der Waals surface area contributed by atoms with Crippen LogP contribution in [-0.2, 0) is 23.1 Å². The van der Waals surface area contributed by atoms with Gasteiger partial charge in [0.1, 0.15) is 5.15 Å². The van der Waals surface area contributed by atoms with E-state index in [0.717, 1.165) is 31.0 Å². The van der Waals surface area contributed by atoms with Gasteiger partial charge >= 0.3 is 0 Å². The number of nitrogens with one attached hydrogen (secondary N) is 1. The number of ether oxygens (including phenoxy) is 2. The zero-order valence-electron chi connectivity index (χ0n) is 10.2. The Kier molecular flexibility index (Phi) is 4.39. The van der Waals surface area contributed by atoms with E-state index in [1.165, 1.54) is 0 Å². The molecule has 1 unspecified atom stereocenters. The third-order valence-corrected chi connectivity index (χ3v) is 3.30. The predicted molar refractivity (Wildman–Crippen MR) is 65.2 cm³/mol. The quantitative estimate of drug-likeness (QED) is 0.872. The Labute approximate surface area is 106 Å². The Balaban J connectivity index is 1.81. The summed E-state index contributed by atoms with van der Waals surface area (Å²) < 4.78 is 12.8. The normalized spacial score (nSPS) is 20.8. The summed E-state index contributed by atoms with van der Waals surface area (Å²) in [6.07, 6.45) is 0.138. The molecule has 0 bridgehead atoms. The molecule has 1 fully saturated rings. The standard InChI is InChI=1S/C11H18ClN3O2/c1-8-10(11(12)15(2)14-8)7-16-6-9-5-13-3-4-17-9/h9,13H,3-7H2,1-2H3. The maximum atomic E-state index is 6.11. The molecule has 0 saturated carbocycles. The van der Waals surface area contributed by atoms with E-state index in [1.807, 2.05) is 14.0 Å². The van der Waals surface area contributed by atoms with E-state index in [4.69, 9.17) is 21.1 Å². The lowest BCUT2D eigenvalue weighted by Gasteiger charge is -2.23. The topological polar surface area (TPSA) is 48.3 Å². The van der Waals surface area contributed by atoms with Crippen molar-refractivity contribution in [3.63, 3.8) is 0 Å². The molecule has 0 amide bonds. The minimum atomic E-state index is 0.138. The molecule has 2 heterocycles. The molecule has 1 atom stereocenters. The van der Waals surface area contributed by atoms with Crippen LogP contribution in [0.3, 0.4) is 0 Å². The highest BCUT2D eigenvalue weighted by molar-refractivity contribution is 6.30. The third-order valence-electron chi connectivity index (χ3n) is 2.82. The van der Waals surface area contributed by atoms with Crippen LogP contribution in [0.4, 0.5) is 0 Å². The molecule has 1 aliphatic rings. The van der Waals surface area contributed by atoms with Crippen LogP contribution < -0.4 is 5.32 Å². The average molecular weight is 260 g/mol. The van der Waals surface area contributed by atoms with E-state index in [-0.39, 0.29) is 6.10 Å². The summed E-state index contributed by atoms with van der Waals surface area (Å²) in [7, 11) is 1.83. The van der Waals surface area contributed by atoms with Crippen molar-refractivity contribution in [1.29, 1.82) is 0 Å². The van der Waals surface area contributed by atoms with E-state index < -0.39 is 0 Å². The summed E-state index contributed by atoms with van der Waals surface area (Å²) in [5, 5.41) is 8.14. The van der Waals surface area contributed by atoms with Crippen LogP contribution in [0.25, 0.3) is 0 Å². The van der Waals surface area contributed by atoms with E-state index >= 15 is 0 Å². The van der Waals surface area contributed by atoms with Crippen LogP contribution in [0.5, 0.6) is 0 Å². The van der Waals surface area contributed by atoms with Crippen LogP contribution in [0.1, 0.15) is 11.3 Å². The Morgan fingerprint density at radius 3 is 3.06 bits per heavy atom. The first kappa shape index (κ1) is 12.8. The zero-order chi connectivity index (χ0) is 12.3. The molecule has 1 saturated heterocycles. The van der Waals surface area contributed by atoms with Crippen molar-refractivity contribution in [2.45, 2.75) is 19.6 Å². The first-order valence-corrected chi connectivity index (χ1v) is 6.14. The van der Waals surface area contributed by atoms with Crippen molar-refractivity contribution in [1.82, 2.24) is 15.1 Å². The van der Waals surface area contributed by atoms with Crippen LogP contribution in [0, 0.1) is 6.92 Å². The summed E-state index contributed by atoms with van der Waals surface area (Å²) in [6, 6.07) is 0. The lowest BCUT2D eigenvalue weighted by molar-refractivity contribution is -0.0358. The monoisotopic (exact) mass is 259 g/mol. The fourth-order valence-corrected chi connectivity index (χ4v) is 2.09. The number of morpholine rings is 1. The van der Waals surface area contributed by atoms with Gasteiger partial charge in [0.2, 0.25) is 0 Å². The van der Waals surface area contributed by atoms with Gasteiger partial charge in [-0.3, -0.25) is 4.68 Å². The largest absolute Gasteiger partial charge is 0.374 e. The molecule has 1 N–H and O–H groups in total. The second-order valence-electron chi connectivity index (χ2n) is 4.19. The van der Waals surface area contributed by atoms with E-state index in [1.54, 1.807) is 4.68 Å². The van der Waals surface area contributed by atoms with Crippen LogP contribution in [0.2, 0.25) is 5.15 Å². The highest BCUT2D eigenvalue weighted by Gasteiger charge is 2.15. The number of hydrogen-bond donors (Lipinski definition) is 1. The van der Waals surface area contributed by atoms with Crippen molar-refractivity contribution in [2.75, 3.05) is 26.3 Å². The second kappa shape index (κ2) is 5.82. The lowest BCUT2D eigenvalue weighted by Crippen LogP contribution is -2.40. The molecule has 0 spiro atoms. The van der Waals surface area contributed by atoms with Crippen molar-refractivity contribution in [3.05, 3.63) is 16.4 Å². The van der Waals surface area contributed by atoms with Crippen molar-refractivity contribution in [3.8, 4) is 0 Å². The van der Waals surface area contributed by atoms with E-state index in [0.29, 0.717) is 18.4 Å². The maximum absolute atomic E-state index is 6.11. The molecule has 1 aromatic rings. The van der Waals surface area contributed by atoms with Crippen molar-refractivity contribution in [2.24, 2.45) is 7.05 Å². The molecular formula is C11H18ClN3O2. The molecule has 1 aromatic heterocycles. The van der Waals surface area contributed by atoms with Gasteiger partial charge in [-0.1, -0.05) is 11.6 Å². The molecular weight excluding hydrogens is 242 g/mol. The summed E-state index contributed by atoms with van der Waals surface area (Å²) in [5.74, 6) is 0.